The highest BCUT2D eigenvalue weighted by Gasteiger charge is 2.21. The van der Waals surface area contributed by atoms with Gasteiger partial charge in [-0.15, -0.1) is 0 Å². The number of nitrogens with one attached hydrogen (secondary N) is 1. The largest absolute Gasteiger partial charge is 0.494 e. The van der Waals surface area contributed by atoms with Crippen LogP contribution in [0.25, 0.3) is 0 Å². The molecule has 0 aliphatic heterocycles. The van der Waals surface area contributed by atoms with Crippen LogP contribution in [-0.4, -0.2) is 30.4 Å². The lowest BCUT2D eigenvalue weighted by Crippen LogP contribution is -2.40. The number of nitriles is 1. The van der Waals surface area contributed by atoms with E-state index in [4.69, 9.17) is 15.1 Å². The molecular formula is C17H26N2O2. The minimum absolute atomic E-state index is 0.170. The van der Waals surface area contributed by atoms with Gasteiger partial charge >= 0.3 is 0 Å². The van der Waals surface area contributed by atoms with Gasteiger partial charge in [-0.25, -0.2) is 0 Å². The Morgan fingerprint density at radius 2 is 2.00 bits per heavy atom. The molecule has 0 radical (unpaired) electrons. The molecule has 0 heterocycles. The monoisotopic (exact) mass is 290 g/mol. The summed E-state index contributed by atoms with van der Waals surface area (Å²) in [5, 5.41) is 21.2. The first-order valence-electron chi connectivity index (χ1n) is 7.62. The molecular weight excluding hydrogens is 264 g/mol. The molecule has 0 aliphatic carbocycles. The quantitative estimate of drug-likeness (QED) is 0.650. The van der Waals surface area contributed by atoms with Crippen molar-refractivity contribution in [3.63, 3.8) is 0 Å². The number of nitrogens with zero attached hydrogens (tertiary/aromatic N) is 1. The molecule has 116 valence electrons. The number of benzene rings is 1. The van der Waals surface area contributed by atoms with Crippen LogP contribution in [0.3, 0.4) is 0 Å². The third kappa shape index (κ3) is 6.61. The van der Waals surface area contributed by atoms with Gasteiger partial charge < -0.3 is 9.84 Å². The van der Waals surface area contributed by atoms with E-state index in [0.717, 1.165) is 37.1 Å². The van der Waals surface area contributed by atoms with E-state index in [-0.39, 0.29) is 6.61 Å². The number of unbranched alkanes of at least 4 members (excludes halogenated alkanes) is 1. The van der Waals surface area contributed by atoms with Crippen molar-refractivity contribution in [1.29, 1.82) is 5.26 Å². The number of hydrogen-bond donors (Lipinski definition) is 2. The minimum atomic E-state index is -0.430. The molecule has 1 aromatic carbocycles. The second-order valence-electron chi connectivity index (χ2n) is 5.40. The third-order valence-corrected chi connectivity index (χ3v) is 3.48. The maximum absolute atomic E-state index is 9.16. The van der Waals surface area contributed by atoms with E-state index in [9.17, 15) is 0 Å². The number of hydrogen-bond acceptors (Lipinski definition) is 4. The molecule has 1 unspecified atom stereocenters. The van der Waals surface area contributed by atoms with Gasteiger partial charge in [-0.3, -0.25) is 5.32 Å². The van der Waals surface area contributed by atoms with Crippen molar-refractivity contribution in [2.24, 2.45) is 0 Å². The highest BCUT2D eigenvalue weighted by Crippen LogP contribution is 2.15. The van der Waals surface area contributed by atoms with Crippen molar-refractivity contribution in [3.05, 3.63) is 29.8 Å². The average Bonchev–Trinajstić information content (AvgIpc) is 2.49. The topological polar surface area (TPSA) is 65.3 Å². The third-order valence-electron chi connectivity index (χ3n) is 3.48. The van der Waals surface area contributed by atoms with Crippen LogP contribution < -0.4 is 10.1 Å². The molecule has 21 heavy (non-hydrogen) atoms. The van der Waals surface area contributed by atoms with Crippen LogP contribution in [0.4, 0.5) is 0 Å². The van der Waals surface area contributed by atoms with Crippen molar-refractivity contribution in [2.45, 2.75) is 45.1 Å². The predicted octanol–water partition coefficient (Wildman–Crippen LogP) is 2.66. The molecule has 0 aromatic heterocycles. The summed E-state index contributed by atoms with van der Waals surface area (Å²) in [7, 11) is 0. The van der Waals surface area contributed by atoms with Gasteiger partial charge in [-0.2, -0.15) is 5.26 Å². The zero-order chi connectivity index (χ0) is 15.6. The van der Waals surface area contributed by atoms with Gasteiger partial charge in [0.25, 0.3) is 0 Å². The smallest absolute Gasteiger partial charge is 0.119 e. The van der Waals surface area contributed by atoms with Crippen molar-refractivity contribution in [3.8, 4) is 11.8 Å². The van der Waals surface area contributed by atoms with E-state index in [1.165, 1.54) is 0 Å². The Bertz CT molecular complexity index is 439. The molecule has 0 amide bonds. The molecule has 4 heteroatoms. The van der Waals surface area contributed by atoms with Crippen LogP contribution in [0.15, 0.2) is 24.3 Å². The van der Waals surface area contributed by atoms with Crippen molar-refractivity contribution in [1.82, 2.24) is 5.32 Å². The SMILES string of the molecule is CCNC(C)(C#N)CCCCOc1ccc(CCO)cc1. The van der Waals surface area contributed by atoms with Crippen LogP contribution >= 0.6 is 0 Å². The number of rotatable bonds is 10. The maximum atomic E-state index is 9.16. The Morgan fingerprint density at radius 1 is 1.29 bits per heavy atom. The molecule has 0 spiro atoms. The molecule has 0 bridgehead atoms. The fraction of sp³-hybridized carbons (Fsp3) is 0.588. The van der Waals surface area contributed by atoms with Gasteiger partial charge in [0.05, 0.1) is 12.7 Å². The fourth-order valence-electron chi connectivity index (χ4n) is 2.23. The van der Waals surface area contributed by atoms with E-state index in [0.29, 0.717) is 13.0 Å². The fourth-order valence-corrected chi connectivity index (χ4v) is 2.23. The van der Waals surface area contributed by atoms with Gasteiger partial charge in [0.15, 0.2) is 0 Å². The molecule has 0 aliphatic rings. The first kappa shape index (κ1) is 17.5. The molecule has 0 saturated carbocycles. The van der Waals surface area contributed by atoms with Gasteiger partial charge in [-0.1, -0.05) is 19.1 Å². The lowest BCUT2D eigenvalue weighted by atomic mass is 9.97. The van der Waals surface area contributed by atoms with Gasteiger partial charge in [0, 0.05) is 6.61 Å². The first-order chi connectivity index (χ1) is 10.1. The van der Waals surface area contributed by atoms with Crippen LogP contribution in [0, 0.1) is 11.3 Å². The molecule has 2 N–H and O–H groups in total. The second-order valence-corrected chi connectivity index (χ2v) is 5.40. The van der Waals surface area contributed by atoms with E-state index in [1.54, 1.807) is 0 Å². The second kappa shape index (κ2) is 9.38. The molecule has 0 fully saturated rings. The summed E-state index contributed by atoms with van der Waals surface area (Å²) in [6.45, 7) is 5.59. The molecule has 1 atom stereocenters. The van der Waals surface area contributed by atoms with Crippen LogP contribution in [0.1, 0.15) is 38.7 Å². The summed E-state index contributed by atoms with van der Waals surface area (Å²) in [4.78, 5) is 0. The standard InChI is InChI=1S/C17H26N2O2/c1-3-19-17(2,14-18)11-4-5-13-21-16-8-6-15(7-9-16)10-12-20/h6-9,19-20H,3-5,10-13H2,1-2H3. The number of aliphatic hydroxyl groups is 1. The molecule has 1 aromatic rings. The summed E-state index contributed by atoms with van der Waals surface area (Å²) in [5.41, 5.74) is 0.681. The molecule has 4 nitrogen and oxygen atoms in total. The lowest BCUT2D eigenvalue weighted by Gasteiger charge is -2.22. The molecule has 1 rings (SSSR count). The summed E-state index contributed by atoms with van der Waals surface area (Å²) in [5.74, 6) is 0.853. The van der Waals surface area contributed by atoms with Gasteiger partial charge in [0.1, 0.15) is 11.3 Å². The zero-order valence-electron chi connectivity index (χ0n) is 13.1. The highest BCUT2D eigenvalue weighted by atomic mass is 16.5. The summed E-state index contributed by atoms with van der Waals surface area (Å²) in [6.07, 6.45) is 3.40. The predicted molar refractivity (Wildman–Crippen MR) is 84.3 cm³/mol. The lowest BCUT2D eigenvalue weighted by molar-refractivity contribution is 0.294. The Hall–Kier alpha value is -1.57. The van der Waals surface area contributed by atoms with E-state index in [2.05, 4.69) is 11.4 Å². The Morgan fingerprint density at radius 3 is 2.57 bits per heavy atom. The maximum Gasteiger partial charge on any atom is 0.119 e. The van der Waals surface area contributed by atoms with Gasteiger partial charge in [-0.05, 0) is 56.8 Å². The number of ether oxygens (including phenoxy) is 1. The molecule has 0 saturated heterocycles. The normalized spacial score (nSPS) is 13.4. The van der Waals surface area contributed by atoms with E-state index in [1.807, 2.05) is 38.1 Å². The van der Waals surface area contributed by atoms with Gasteiger partial charge in [0.2, 0.25) is 0 Å². The van der Waals surface area contributed by atoms with Crippen LogP contribution in [0.5, 0.6) is 5.75 Å². The summed E-state index contributed by atoms with van der Waals surface area (Å²) in [6, 6.07) is 10.2. The van der Waals surface area contributed by atoms with Crippen molar-refractivity contribution in [2.75, 3.05) is 19.8 Å². The van der Waals surface area contributed by atoms with Crippen molar-refractivity contribution < 1.29 is 9.84 Å². The van der Waals surface area contributed by atoms with Crippen molar-refractivity contribution >= 4 is 0 Å². The summed E-state index contributed by atoms with van der Waals surface area (Å²) < 4.78 is 5.68. The summed E-state index contributed by atoms with van der Waals surface area (Å²) >= 11 is 0. The Labute approximate surface area is 127 Å². The van der Waals surface area contributed by atoms with Crippen LogP contribution in [0.2, 0.25) is 0 Å². The number of aliphatic hydroxyl groups excluding tert-OH is 1. The van der Waals surface area contributed by atoms with Crippen LogP contribution in [-0.2, 0) is 6.42 Å². The zero-order valence-corrected chi connectivity index (χ0v) is 13.1. The average molecular weight is 290 g/mol. The first-order valence-corrected chi connectivity index (χ1v) is 7.62. The van der Waals surface area contributed by atoms with E-state index >= 15 is 0 Å². The Kier molecular flexibility index (Phi) is 7.81. The Balaban J connectivity index is 2.23. The minimum Gasteiger partial charge on any atom is -0.494 e. The highest BCUT2D eigenvalue weighted by molar-refractivity contribution is 5.27. The van der Waals surface area contributed by atoms with E-state index < -0.39 is 5.54 Å².